The molecule has 2 aliphatic rings. The van der Waals surface area contributed by atoms with Gasteiger partial charge in [0, 0.05) is 30.0 Å². The predicted molar refractivity (Wildman–Crippen MR) is 112 cm³/mol. The van der Waals surface area contributed by atoms with Crippen molar-refractivity contribution in [3.05, 3.63) is 35.9 Å². The number of hydrogen-bond acceptors (Lipinski definition) is 3. The van der Waals surface area contributed by atoms with Gasteiger partial charge in [-0.1, -0.05) is 43.2 Å². The molecule has 26 heavy (non-hydrogen) atoms. The van der Waals surface area contributed by atoms with Gasteiger partial charge < -0.3 is 9.80 Å². The summed E-state index contributed by atoms with van der Waals surface area (Å²) in [6.07, 6.45) is 8.04. The van der Waals surface area contributed by atoms with Gasteiger partial charge in [0.15, 0.2) is 0 Å². The van der Waals surface area contributed by atoms with E-state index in [1.807, 2.05) is 0 Å². The highest BCUT2D eigenvalue weighted by Gasteiger charge is 2.44. The van der Waals surface area contributed by atoms with Gasteiger partial charge in [0.05, 0.1) is 0 Å². The lowest BCUT2D eigenvalue weighted by Crippen LogP contribution is -2.42. The first-order chi connectivity index (χ1) is 12.6. The van der Waals surface area contributed by atoms with Crippen molar-refractivity contribution in [2.24, 2.45) is 5.92 Å². The molecule has 2 fully saturated rings. The first-order valence-electron chi connectivity index (χ1n) is 10.2. The minimum absolute atomic E-state index is 0.168. The van der Waals surface area contributed by atoms with Crippen LogP contribution >= 0.6 is 11.8 Å². The predicted octanol–water partition coefficient (Wildman–Crippen LogP) is 4.08. The summed E-state index contributed by atoms with van der Waals surface area (Å²) in [5.41, 5.74) is 1.43. The largest absolute Gasteiger partial charge is 0.342 e. The zero-order valence-electron chi connectivity index (χ0n) is 16.5. The monoisotopic (exact) mass is 374 g/mol. The summed E-state index contributed by atoms with van der Waals surface area (Å²) in [5, 5.41) is 0. The van der Waals surface area contributed by atoms with E-state index in [1.54, 1.807) is 0 Å². The highest BCUT2D eigenvalue weighted by Crippen LogP contribution is 2.49. The van der Waals surface area contributed by atoms with Crippen LogP contribution in [-0.4, -0.2) is 59.9 Å². The second kappa shape index (κ2) is 9.27. The normalized spacial score (nSPS) is 27.1. The lowest BCUT2D eigenvalue weighted by atomic mass is 9.73. The Morgan fingerprint density at radius 3 is 2.81 bits per heavy atom. The van der Waals surface area contributed by atoms with E-state index >= 15 is 0 Å². The van der Waals surface area contributed by atoms with Crippen LogP contribution < -0.4 is 0 Å². The number of carbonyl (C=O) groups is 1. The summed E-state index contributed by atoms with van der Waals surface area (Å²) >= 11 is 2.11. The second-order valence-corrected chi connectivity index (χ2v) is 9.77. The van der Waals surface area contributed by atoms with E-state index in [4.69, 9.17) is 0 Å². The summed E-state index contributed by atoms with van der Waals surface area (Å²) in [5.74, 6) is 2.13. The molecule has 3 rings (SSSR count). The molecule has 3 nitrogen and oxygen atoms in total. The molecule has 1 saturated heterocycles. The number of benzene rings is 1. The van der Waals surface area contributed by atoms with Crippen molar-refractivity contribution in [2.45, 2.75) is 49.7 Å². The van der Waals surface area contributed by atoms with Crippen LogP contribution in [0.15, 0.2) is 30.3 Å². The highest BCUT2D eigenvalue weighted by atomic mass is 32.2. The Kier molecular flexibility index (Phi) is 7.05. The van der Waals surface area contributed by atoms with Gasteiger partial charge in [-0.2, -0.15) is 11.8 Å². The van der Waals surface area contributed by atoms with Gasteiger partial charge in [-0.15, -0.1) is 0 Å². The number of hydrogen-bond donors (Lipinski definition) is 0. The molecule has 1 spiro atoms. The number of carbonyl (C=O) groups excluding carboxylic acids is 1. The van der Waals surface area contributed by atoms with E-state index in [0.29, 0.717) is 11.8 Å². The molecule has 0 N–H and O–H groups in total. The van der Waals surface area contributed by atoms with Crippen LogP contribution in [0.2, 0.25) is 0 Å². The number of nitrogens with zero attached hydrogens (tertiary/aromatic N) is 2. The van der Waals surface area contributed by atoms with Gasteiger partial charge in [0.2, 0.25) is 5.91 Å². The Balaban J connectivity index is 1.67. The summed E-state index contributed by atoms with van der Waals surface area (Å²) in [6.45, 7) is 2.90. The molecule has 1 aliphatic heterocycles. The molecule has 144 valence electrons. The van der Waals surface area contributed by atoms with Crippen molar-refractivity contribution in [3.63, 3.8) is 0 Å². The Hall–Kier alpha value is -1.00. The molecule has 2 unspecified atom stereocenters. The van der Waals surface area contributed by atoms with Crippen LogP contribution in [0.5, 0.6) is 0 Å². The molecule has 0 bridgehead atoms. The Morgan fingerprint density at radius 2 is 2.04 bits per heavy atom. The molecule has 1 aliphatic carbocycles. The van der Waals surface area contributed by atoms with Gasteiger partial charge >= 0.3 is 0 Å². The van der Waals surface area contributed by atoms with Crippen LogP contribution in [0.4, 0.5) is 0 Å². The maximum atomic E-state index is 13.1. The van der Waals surface area contributed by atoms with Gasteiger partial charge in [-0.25, -0.2) is 0 Å². The average molecular weight is 375 g/mol. The molecule has 1 aromatic rings. The van der Waals surface area contributed by atoms with E-state index in [-0.39, 0.29) is 4.75 Å². The third kappa shape index (κ3) is 5.04. The maximum absolute atomic E-state index is 13.1. The first kappa shape index (κ1) is 19.8. The molecule has 1 amide bonds. The molecule has 2 atom stereocenters. The van der Waals surface area contributed by atoms with Gasteiger partial charge in [0.1, 0.15) is 0 Å². The van der Waals surface area contributed by atoms with Gasteiger partial charge in [-0.3, -0.25) is 4.79 Å². The average Bonchev–Trinajstić information content (AvgIpc) is 2.77. The number of rotatable bonds is 6. The molecule has 4 heteroatoms. The third-order valence-electron chi connectivity index (χ3n) is 6.06. The maximum Gasteiger partial charge on any atom is 0.224 e. The lowest BCUT2D eigenvalue weighted by Gasteiger charge is -2.43. The topological polar surface area (TPSA) is 23.6 Å². The van der Waals surface area contributed by atoms with Crippen molar-refractivity contribution >= 4 is 17.7 Å². The molecule has 0 aromatic heterocycles. The van der Waals surface area contributed by atoms with E-state index in [2.05, 4.69) is 66.0 Å². The van der Waals surface area contributed by atoms with Crippen molar-refractivity contribution in [3.8, 4) is 0 Å². The lowest BCUT2D eigenvalue weighted by molar-refractivity contribution is -0.132. The Labute approximate surface area is 163 Å². The fourth-order valence-electron chi connectivity index (χ4n) is 4.61. The zero-order chi connectivity index (χ0) is 18.4. The van der Waals surface area contributed by atoms with Crippen molar-refractivity contribution in [1.82, 2.24) is 9.80 Å². The number of thioether (sulfide) groups is 1. The summed E-state index contributed by atoms with van der Waals surface area (Å²) < 4.78 is 0.168. The Morgan fingerprint density at radius 1 is 1.23 bits per heavy atom. The molecular weight excluding hydrogens is 340 g/mol. The van der Waals surface area contributed by atoms with Crippen LogP contribution in [-0.2, 0) is 11.2 Å². The van der Waals surface area contributed by atoms with Gasteiger partial charge in [0.25, 0.3) is 0 Å². The standard InChI is InChI=1S/C22H34N2OS/c1-23(2)13-8-14-24-15-16-26-22(18-21(24)25)12-7-6-11-20(22)17-19-9-4-3-5-10-19/h3-5,9-10,20H,6-8,11-18H2,1-2H3. The van der Waals surface area contributed by atoms with Crippen LogP contribution in [0.1, 0.15) is 44.1 Å². The minimum atomic E-state index is 0.168. The molecule has 1 aromatic carbocycles. The number of amides is 1. The fraction of sp³-hybridized carbons (Fsp3) is 0.682. The van der Waals surface area contributed by atoms with E-state index in [0.717, 1.165) is 44.6 Å². The summed E-state index contributed by atoms with van der Waals surface area (Å²) in [4.78, 5) is 17.4. The third-order valence-corrected chi connectivity index (χ3v) is 7.70. The van der Waals surface area contributed by atoms with E-state index in [1.165, 1.54) is 31.2 Å². The minimum Gasteiger partial charge on any atom is -0.342 e. The van der Waals surface area contributed by atoms with Crippen molar-refractivity contribution < 1.29 is 4.79 Å². The molecule has 0 radical (unpaired) electrons. The fourth-order valence-corrected chi connectivity index (χ4v) is 6.28. The van der Waals surface area contributed by atoms with Crippen molar-refractivity contribution in [2.75, 3.05) is 39.5 Å². The highest BCUT2D eigenvalue weighted by molar-refractivity contribution is 8.00. The molecular formula is C22H34N2OS. The van der Waals surface area contributed by atoms with Gasteiger partial charge in [-0.05, 0) is 57.8 Å². The van der Waals surface area contributed by atoms with E-state index < -0.39 is 0 Å². The van der Waals surface area contributed by atoms with E-state index in [9.17, 15) is 4.79 Å². The van der Waals surface area contributed by atoms with Crippen LogP contribution in [0.25, 0.3) is 0 Å². The van der Waals surface area contributed by atoms with Crippen LogP contribution in [0.3, 0.4) is 0 Å². The summed E-state index contributed by atoms with van der Waals surface area (Å²) in [7, 11) is 4.20. The summed E-state index contributed by atoms with van der Waals surface area (Å²) in [6, 6.07) is 10.9. The molecule has 1 heterocycles. The smallest absolute Gasteiger partial charge is 0.224 e. The second-order valence-electron chi connectivity index (χ2n) is 8.26. The van der Waals surface area contributed by atoms with Crippen LogP contribution in [0, 0.1) is 5.92 Å². The van der Waals surface area contributed by atoms with Crippen molar-refractivity contribution in [1.29, 1.82) is 0 Å². The molecule has 1 saturated carbocycles. The quantitative estimate of drug-likeness (QED) is 0.750. The SMILES string of the molecule is CN(C)CCCN1CCSC2(CCCCC2Cc2ccccc2)CC1=O. The zero-order valence-corrected chi connectivity index (χ0v) is 17.3. The first-order valence-corrected chi connectivity index (χ1v) is 11.2. The Bertz CT molecular complexity index is 577.